The van der Waals surface area contributed by atoms with E-state index in [0.717, 1.165) is 30.3 Å². The van der Waals surface area contributed by atoms with E-state index in [1.54, 1.807) is 25.2 Å². The molecule has 3 heterocycles. The molecule has 1 aliphatic carbocycles. The number of nitrogens with two attached hydrogens (primary N) is 1. The van der Waals surface area contributed by atoms with Crippen molar-refractivity contribution in [3.63, 3.8) is 0 Å². The van der Waals surface area contributed by atoms with Gasteiger partial charge >= 0.3 is 11.7 Å². The summed E-state index contributed by atoms with van der Waals surface area (Å²) < 4.78 is 7.95. The average Bonchev–Trinajstić information content (AvgIpc) is 2.79. The van der Waals surface area contributed by atoms with Crippen LogP contribution in [-0.2, 0) is 23.0 Å². The van der Waals surface area contributed by atoms with Gasteiger partial charge in [-0.1, -0.05) is 6.42 Å². The molecule has 1 fully saturated rings. The van der Waals surface area contributed by atoms with Gasteiger partial charge in [-0.05, 0) is 43.9 Å². The fourth-order valence-corrected chi connectivity index (χ4v) is 3.94. The lowest BCUT2D eigenvalue weighted by molar-refractivity contribution is -0.152. The van der Waals surface area contributed by atoms with Gasteiger partial charge in [0.05, 0.1) is 29.0 Å². The molecule has 9 nitrogen and oxygen atoms in total. The van der Waals surface area contributed by atoms with Crippen LogP contribution in [0.2, 0.25) is 0 Å². The van der Waals surface area contributed by atoms with Gasteiger partial charge in [-0.3, -0.25) is 24.1 Å². The summed E-state index contributed by atoms with van der Waals surface area (Å²) in [6, 6.07) is 4.04. The number of aryl methyl sites for hydroxylation is 1. The number of hydrogen-bond donors (Lipinski definition) is 1. The van der Waals surface area contributed by atoms with Crippen molar-refractivity contribution in [1.82, 2.24) is 19.1 Å². The third kappa shape index (κ3) is 4.27. The van der Waals surface area contributed by atoms with Crippen molar-refractivity contribution >= 4 is 16.9 Å². The maximum atomic E-state index is 12.9. The van der Waals surface area contributed by atoms with Crippen molar-refractivity contribution in [3.05, 3.63) is 63.3 Å². The largest absolute Gasteiger partial charge is 0.461 e. The molecule has 4 rings (SSSR count). The van der Waals surface area contributed by atoms with Gasteiger partial charge in [-0.15, -0.1) is 0 Å². The maximum Gasteiger partial charge on any atom is 0.335 e. The lowest BCUT2D eigenvalue weighted by Gasteiger charge is -2.23. The van der Waals surface area contributed by atoms with Crippen LogP contribution in [0.25, 0.3) is 16.6 Å². The van der Waals surface area contributed by atoms with Crippen LogP contribution in [0.4, 0.5) is 0 Å². The molecular formula is C22H25N5O4. The molecule has 3 aromatic rings. The number of carbonyl (C=O) groups is 1. The summed E-state index contributed by atoms with van der Waals surface area (Å²) in [6.07, 6.45) is 9.68. The van der Waals surface area contributed by atoms with Crippen LogP contribution < -0.4 is 17.0 Å². The van der Waals surface area contributed by atoms with Gasteiger partial charge in [0.15, 0.2) is 0 Å². The number of carbonyl (C=O) groups excluding carboxylic acids is 1. The highest BCUT2D eigenvalue weighted by molar-refractivity contribution is 5.77. The Morgan fingerprint density at radius 1 is 1.19 bits per heavy atom. The molecule has 0 aromatic carbocycles. The Morgan fingerprint density at radius 3 is 2.68 bits per heavy atom. The SMILES string of the molecule is Cn1c(=O)n(-c2ccc(C[C@H](N)C(=O)OC3CCCCC3)nc2)c(=O)c2ccncc21. The zero-order valence-electron chi connectivity index (χ0n) is 17.4. The Labute approximate surface area is 178 Å². The van der Waals surface area contributed by atoms with Gasteiger partial charge in [0, 0.05) is 25.4 Å². The summed E-state index contributed by atoms with van der Waals surface area (Å²) in [4.78, 5) is 46.2. The molecule has 0 unspecified atom stereocenters. The van der Waals surface area contributed by atoms with Gasteiger partial charge in [-0.2, -0.15) is 0 Å². The van der Waals surface area contributed by atoms with E-state index in [-0.39, 0.29) is 12.5 Å². The molecule has 3 aromatic heterocycles. The molecule has 1 saturated carbocycles. The molecule has 162 valence electrons. The highest BCUT2D eigenvalue weighted by Gasteiger charge is 2.23. The summed E-state index contributed by atoms with van der Waals surface area (Å²) in [7, 11) is 1.58. The lowest BCUT2D eigenvalue weighted by Crippen LogP contribution is -2.38. The minimum Gasteiger partial charge on any atom is -0.461 e. The maximum absolute atomic E-state index is 12.9. The first kappa shape index (κ1) is 20.9. The molecule has 9 heteroatoms. The highest BCUT2D eigenvalue weighted by Crippen LogP contribution is 2.20. The van der Waals surface area contributed by atoms with Gasteiger partial charge in [0.1, 0.15) is 12.1 Å². The van der Waals surface area contributed by atoms with Crippen molar-refractivity contribution in [2.75, 3.05) is 0 Å². The Morgan fingerprint density at radius 2 is 1.97 bits per heavy atom. The second-order valence-electron chi connectivity index (χ2n) is 7.89. The number of pyridine rings is 2. The van der Waals surface area contributed by atoms with Crippen LogP contribution in [-0.4, -0.2) is 37.2 Å². The molecule has 2 N–H and O–H groups in total. The second kappa shape index (κ2) is 8.81. The number of ether oxygens (including phenoxy) is 1. The van der Waals surface area contributed by atoms with Gasteiger partial charge in [0.25, 0.3) is 5.56 Å². The molecule has 31 heavy (non-hydrogen) atoms. The monoisotopic (exact) mass is 423 g/mol. The third-order valence-corrected chi connectivity index (χ3v) is 5.71. The van der Waals surface area contributed by atoms with Gasteiger partial charge < -0.3 is 10.5 Å². The van der Waals surface area contributed by atoms with Crippen LogP contribution in [0.15, 0.2) is 46.4 Å². The fraction of sp³-hybridized carbons (Fsp3) is 0.409. The first-order valence-electron chi connectivity index (χ1n) is 10.4. The van der Waals surface area contributed by atoms with Crippen molar-refractivity contribution in [3.8, 4) is 5.69 Å². The van der Waals surface area contributed by atoms with Crippen LogP contribution in [0, 0.1) is 0 Å². The van der Waals surface area contributed by atoms with Crippen LogP contribution in [0.5, 0.6) is 0 Å². The molecular weight excluding hydrogens is 398 g/mol. The molecule has 0 saturated heterocycles. The summed E-state index contributed by atoms with van der Waals surface area (Å²) in [6.45, 7) is 0. The first-order valence-corrected chi connectivity index (χ1v) is 10.4. The minimum absolute atomic E-state index is 0.0474. The predicted molar refractivity (Wildman–Crippen MR) is 115 cm³/mol. The van der Waals surface area contributed by atoms with Crippen LogP contribution in [0.3, 0.4) is 0 Å². The fourth-order valence-electron chi connectivity index (χ4n) is 3.94. The molecule has 0 bridgehead atoms. The average molecular weight is 423 g/mol. The third-order valence-electron chi connectivity index (χ3n) is 5.71. The zero-order valence-corrected chi connectivity index (χ0v) is 17.4. The Balaban J connectivity index is 1.53. The Hall–Kier alpha value is -3.33. The number of nitrogens with zero attached hydrogens (tertiary/aromatic N) is 4. The summed E-state index contributed by atoms with van der Waals surface area (Å²) in [5.41, 5.74) is 6.46. The van der Waals surface area contributed by atoms with Crippen molar-refractivity contribution in [1.29, 1.82) is 0 Å². The Bertz CT molecular complexity index is 1210. The standard InChI is InChI=1S/C22H25N5O4/c1-26-19-13-24-10-9-17(19)20(28)27(22(26)30)15-8-7-14(25-12-15)11-18(23)21(29)31-16-5-3-2-4-6-16/h7-10,12-13,16,18H,2-6,11,23H2,1H3/t18-/m0/s1. The van der Waals surface area contributed by atoms with E-state index in [2.05, 4.69) is 9.97 Å². The van der Waals surface area contributed by atoms with Crippen molar-refractivity contribution < 1.29 is 9.53 Å². The molecule has 0 aliphatic heterocycles. The van der Waals surface area contributed by atoms with E-state index < -0.39 is 23.3 Å². The van der Waals surface area contributed by atoms with E-state index in [4.69, 9.17) is 10.5 Å². The van der Waals surface area contributed by atoms with E-state index in [1.165, 1.54) is 29.6 Å². The number of aromatic nitrogens is 4. The molecule has 0 amide bonds. The first-order chi connectivity index (χ1) is 15.0. The smallest absolute Gasteiger partial charge is 0.335 e. The molecule has 1 atom stereocenters. The second-order valence-corrected chi connectivity index (χ2v) is 7.89. The summed E-state index contributed by atoms with van der Waals surface area (Å²) in [5, 5.41) is 0.383. The summed E-state index contributed by atoms with van der Waals surface area (Å²) >= 11 is 0. The topological polar surface area (TPSA) is 122 Å². The van der Waals surface area contributed by atoms with E-state index in [1.807, 2.05) is 0 Å². The van der Waals surface area contributed by atoms with Gasteiger partial charge in [0.2, 0.25) is 0 Å². The number of rotatable bonds is 5. The van der Waals surface area contributed by atoms with E-state index in [0.29, 0.717) is 22.3 Å². The van der Waals surface area contributed by atoms with E-state index >= 15 is 0 Å². The number of hydrogen-bond acceptors (Lipinski definition) is 7. The Kier molecular flexibility index (Phi) is 5.94. The van der Waals surface area contributed by atoms with Crippen molar-refractivity contribution in [2.45, 2.75) is 50.7 Å². The minimum atomic E-state index is -0.816. The molecule has 0 radical (unpaired) electrons. The number of esters is 1. The van der Waals surface area contributed by atoms with Crippen molar-refractivity contribution in [2.24, 2.45) is 12.8 Å². The lowest BCUT2D eigenvalue weighted by atomic mass is 9.98. The predicted octanol–water partition coefficient (Wildman–Crippen LogP) is 1.23. The van der Waals surface area contributed by atoms with Crippen LogP contribution in [0.1, 0.15) is 37.8 Å². The molecule has 0 spiro atoms. The zero-order chi connectivity index (χ0) is 22.0. The van der Waals surface area contributed by atoms with Gasteiger partial charge in [-0.25, -0.2) is 9.36 Å². The molecule has 1 aliphatic rings. The van der Waals surface area contributed by atoms with E-state index in [9.17, 15) is 14.4 Å². The number of fused-ring (bicyclic) bond motifs is 1. The quantitative estimate of drug-likeness (QED) is 0.612. The normalized spacial score (nSPS) is 15.7. The highest BCUT2D eigenvalue weighted by atomic mass is 16.5. The summed E-state index contributed by atoms with van der Waals surface area (Å²) in [5.74, 6) is -0.425. The van der Waals surface area contributed by atoms with Crippen LogP contribution >= 0.6 is 0 Å².